The number of anilines is 1. The minimum absolute atomic E-state index is 0.0553. The lowest BCUT2D eigenvalue weighted by Crippen LogP contribution is -2.27. The highest BCUT2D eigenvalue weighted by Crippen LogP contribution is 2.32. The summed E-state index contributed by atoms with van der Waals surface area (Å²) in [6.45, 7) is 6.77. The first-order valence-corrected chi connectivity index (χ1v) is 11.5. The first-order chi connectivity index (χ1) is 13.7. The van der Waals surface area contributed by atoms with E-state index in [9.17, 15) is 13.2 Å². The van der Waals surface area contributed by atoms with Crippen LogP contribution in [0.5, 0.6) is 0 Å². The zero-order valence-corrected chi connectivity index (χ0v) is 19.0. The van der Waals surface area contributed by atoms with E-state index in [2.05, 4.69) is 9.62 Å². The molecule has 0 spiro atoms. The standard InChI is InChI=1S/C19H21Cl3N2O4S/c1-3-24(4-2)9-10-28-19(25)13-5-7-14(8-6-13)23-29(26,27)18-12-16(21)15(20)11-17(18)22/h5-8,11-12,23H,3-4,9-10H2,1-2H3. The summed E-state index contributed by atoms with van der Waals surface area (Å²) in [5.41, 5.74) is 0.576. The van der Waals surface area contributed by atoms with E-state index in [-0.39, 0.29) is 32.3 Å². The highest BCUT2D eigenvalue weighted by atomic mass is 35.5. The maximum atomic E-state index is 12.6. The molecule has 6 nitrogen and oxygen atoms in total. The van der Waals surface area contributed by atoms with Gasteiger partial charge in [-0.05, 0) is 49.5 Å². The molecule has 0 heterocycles. The van der Waals surface area contributed by atoms with Crippen LogP contribution in [0.4, 0.5) is 5.69 Å². The Balaban J connectivity index is 2.05. The number of carbonyl (C=O) groups is 1. The second kappa shape index (κ2) is 10.5. The number of likely N-dealkylation sites (N-methyl/N-ethyl adjacent to an activating group) is 1. The van der Waals surface area contributed by atoms with Crippen LogP contribution in [0.3, 0.4) is 0 Å². The minimum Gasteiger partial charge on any atom is -0.461 e. The third-order valence-corrected chi connectivity index (χ3v) is 6.74. The summed E-state index contributed by atoms with van der Waals surface area (Å²) < 4.78 is 32.8. The molecule has 0 aromatic heterocycles. The summed E-state index contributed by atoms with van der Waals surface area (Å²) in [4.78, 5) is 14.0. The summed E-state index contributed by atoms with van der Waals surface area (Å²) in [6, 6.07) is 8.32. The first kappa shape index (κ1) is 23.8. The molecule has 158 valence electrons. The van der Waals surface area contributed by atoms with Crippen molar-refractivity contribution in [1.82, 2.24) is 4.90 Å². The van der Waals surface area contributed by atoms with Crippen LogP contribution in [0, 0.1) is 0 Å². The van der Waals surface area contributed by atoms with Crippen molar-refractivity contribution in [1.29, 1.82) is 0 Å². The van der Waals surface area contributed by atoms with Crippen LogP contribution in [0.25, 0.3) is 0 Å². The zero-order chi connectivity index (χ0) is 21.6. The number of nitrogens with one attached hydrogen (secondary N) is 1. The van der Waals surface area contributed by atoms with Crippen LogP contribution in [0.1, 0.15) is 24.2 Å². The van der Waals surface area contributed by atoms with Gasteiger partial charge in [0.05, 0.1) is 20.6 Å². The number of sulfonamides is 1. The van der Waals surface area contributed by atoms with Gasteiger partial charge in [-0.15, -0.1) is 0 Å². The number of hydrogen-bond donors (Lipinski definition) is 1. The molecular formula is C19H21Cl3N2O4S. The predicted molar refractivity (Wildman–Crippen MR) is 117 cm³/mol. The highest BCUT2D eigenvalue weighted by Gasteiger charge is 2.20. The van der Waals surface area contributed by atoms with Crippen molar-refractivity contribution < 1.29 is 17.9 Å². The molecule has 0 atom stereocenters. The first-order valence-electron chi connectivity index (χ1n) is 8.84. The average molecular weight is 480 g/mol. The van der Waals surface area contributed by atoms with E-state index >= 15 is 0 Å². The molecule has 1 N–H and O–H groups in total. The second-order valence-electron chi connectivity index (χ2n) is 6.04. The van der Waals surface area contributed by atoms with E-state index in [0.29, 0.717) is 12.1 Å². The lowest BCUT2D eigenvalue weighted by molar-refractivity contribution is 0.0466. The molecule has 0 bridgehead atoms. The van der Waals surface area contributed by atoms with Gasteiger partial charge in [-0.3, -0.25) is 4.72 Å². The summed E-state index contributed by atoms with van der Waals surface area (Å²) in [7, 11) is -3.99. The fourth-order valence-corrected chi connectivity index (χ4v) is 4.55. The van der Waals surface area contributed by atoms with E-state index in [4.69, 9.17) is 39.5 Å². The van der Waals surface area contributed by atoms with Gasteiger partial charge in [-0.2, -0.15) is 0 Å². The van der Waals surface area contributed by atoms with Crippen LogP contribution in [-0.2, 0) is 14.8 Å². The van der Waals surface area contributed by atoms with Crippen LogP contribution < -0.4 is 4.72 Å². The number of ether oxygens (including phenoxy) is 1. The Labute approximate surface area is 185 Å². The minimum atomic E-state index is -3.99. The van der Waals surface area contributed by atoms with Gasteiger partial charge >= 0.3 is 5.97 Å². The SMILES string of the molecule is CCN(CC)CCOC(=O)c1ccc(NS(=O)(=O)c2cc(Cl)c(Cl)cc2Cl)cc1. The lowest BCUT2D eigenvalue weighted by Gasteiger charge is -2.17. The number of hydrogen-bond acceptors (Lipinski definition) is 5. The van der Waals surface area contributed by atoms with E-state index in [1.807, 2.05) is 13.8 Å². The van der Waals surface area contributed by atoms with Gasteiger partial charge in [0.1, 0.15) is 11.5 Å². The molecule has 0 amide bonds. The van der Waals surface area contributed by atoms with Gasteiger partial charge < -0.3 is 9.64 Å². The van der Waals surface area contributed by atoms with Crippen molar-refractivity contribution in [2.24, 2.45) is 0 Å². The second-order valence-corrected chi connectivity index (χ2v) is 8.91. The molecule has 0 aliphatic carbocycles. The van der Waals surface area contributed by atoms with Gasteiger partial charge in [0.15, 0.2) is 0 Å². The van der Waals surface area contributed by atoms with Crippen molar-refractivity contribution in [3.05, 3.63) is 57.0 Å². The normalized spacial score (nSPS) is 11.5. The lowest BCUT2D eigenvalue weighted by atomic mass is 10.2. The highest BCUT2D eigenvalue weighted by molar-refractivity contribution is 7.92. The largest absolute Gasteiger partial charge is 0.461 e. The average Bonchev–Trinajstić information content (AvgIpc) is 2.68. The summed E-state index contributed by atoms with van der Waals surface area (Å²) in [6.07, 6.45) is 0. The fraction of sp³-hybridized carbons (Fsp3) is 0.316. The topological polar surface area (TPSA) is 75.7 Å². The Hall–Kier alpha value is -1.51. The molecule has 0 aliphatic rings. The smallest absolute Gasteiger partial charge is 0.338 e. The Morgan fingerprint density at radius 1 is 1.00 bits per heavy atom. The molecule has 0 saturated heterocycles. The van der Waals surface area contributed by atoms with Gasteiger partial charge in [0, 0.05) is 12.2 Å². The van der Waals surface area contributed by atoms with Gasteiger partial charge in [-0.1, -0.05) is 48.7 Å². The van der Waals surface area contributed by atoms with Crippen molar-refractivity contribution >= 4 is 56.5 Å². The van der Waals surface area contributed by atoms with Crippen molar-refractivity contribution in [3.63, 3.8) is 0 Å². The van der Waals surface area contributed by atoms with Gasteiger partial charge in [0.2, 0.25) is 0 Å². The van der Waals surface area contributed by atoms with E-state index in [0.717, 1.165) is 13.1 Å². The molecule has 0 aliphatic heterocycles. The monoisotopic (exact) mass is 478 g/mol. The molecule has 29 heavy (non-hydrogen) atoms. The maximum absolute atomic E-state index is 12.6. The quantitative estimate of drug-likeness (QED) is 0.407. The number of rotatable bonds is 9. The summed E-state index contributed by atoms with van der Waals surface area (Å²) >= 11 is 17.7. The number of carbonyl (C=O) groups excluding carboxylic acids is 1. The Kier molecular flexibility index (Phi) is 8.60. The van der Waals surface area contributed by atoms with Crippen LogP contribution in [-0.4, -0.2) is 45.5 Å². The number of esters is 1. The molecule has 10 heteroatoms. The van der Waals surface area contributed by atoms with E-state index < -0.39 is 16.0 Å². The zero-order valence-electron chi connectivity index (χ0n) is 15.9. The van der Waals surface area contributed by atoms with E-state index in [1.165, 1.54) is 36.4 Å². The number of benzene rings is 2. The Morgan fingerprint density at radius 3 is 2.17 bits per heavy atom. The Morgan fingerprint density at radius 2 is 1.59 bits per heavy atom. The predicted octanol–water partition coefficient (Wildman–Crippen LogP) is 4.95. The molecular weight excluding hydrogens is 459 g/mol. The van der Waals surface area contributed by atoms with Gasteiger partial charge in [0.25, 0.3) is 10.0 Å². The third kappa shape index (κ3) is 6.49. The maximum Gasteiger partial charge on any atom is 0.338 e. The molecule has 0 fully saturated rings. The van der Waals surface area contributed by atoms with E-state index in [1.54, 1.807) is 0 Å². The van der Waals surface area contributed by atoms with Crippen LogP contribution in [0.2, 0.25) is 15.1 Å². The van der Waals surface area contributed by atoms with Crippen LogP contribution in [0.15, 0.2) is 41.3 Å². The summed E-state index contributed by atoms with van der Waals surface area (Å²) in [5.74, 6) is -0.473. The fourth-order valence-electron chi connectivity index (χ4n) is 2.49. The number of nitrogens with zero attached hydrogens (tertiary/aromatic N) is 1. The molecule has 0 unspecified atom stereocenters. The molecule has 2 aromatic carbocycles. The molecule has 2 rings (SSSR count). The molecule has 0 saturated carbocycles. The molecule has 0 radical (unpaired) electrons. The molecule has 2 aromatic rings. The van der Waals surface area contributed by atoms with Crippen molar-refractivity contribution in [3.8, 4) is 0 Å². The number of halogens is 3. The van der Waals surface area contributed by atoms with Crippen molar-refractivity contribution in [2.45, 2.75) is 18.7 Å². The Bertz CT molecular complexity index is 962. The van der Waals surface area contributed by atoms with Crippen LogP contribution >= 0.6 is 34.8 Å². The van der Waals surface area contributed by atoms with Gasteiger partial charge in [-0.25, -0.2) is 13.2 Å². The van der Waals surface area contributed by atoms with Crippen molar-refractivity contribution in [2.75, 3.05) is 31.0 Å². The third-order valence-electron chi connectivity index (χ3n) is 4.17. The summed E-state index contributed by atoms with van der Waals surface area (Å²) in [5, 5.41) is 0.166.